The maximum absolute atomic E-state index is 12.4. The quantitative estimate of drug-likeness (QED) is 0.789. The van der Waals surface area contributed by atoms with Gasteiger partial charge in [0.1, 0.15) is 11.4 Å². The maximum atomic E-state index is 12.4. The molecule has 1 atom stereocenters. The van der Waals surface area contributed by atoms with Crippen molar-refractivity contribution < 1.29 is 14.3 Å². The molecule has 0 aliphatic carbocycles. The van der Waals surface area contributed by atoms with Gasteiger partial charge in [0.2, 0.25) is 0 Å². The molecule has 1 saturated heterocycles. The lowest BCUT2D eigenvalue weighted by Crippen LogP contribution is -2.51. The number of carbonyl (C=O) groups is 1. The van der Waals surface area contributed by atoms with E-state index in [0.29, 0.717) is 13.1 Å². The van der Waals surface area contributed by atoms with Crippen LogP contribution in [0.15, 0.2) is 54.6 Å². The van der Waals surface area contributed by atoms with E-state index in [9.17, 15) is 4.79 Å². The molecule has 0 radical (unpaired) electrons. The lowest BCUT2D eigenvalue weighted by molar-refractivity contribution is 0.0119. The summed E-state index contributed by atoms with van der Waals surface area (Å²) in [4.78, 5) is 16.6. The lowest BCUT2D eigenvalue weighted by Gasteiger charge is -2.40. The standard InChI is InChI=1S/C23H30N2O3/c1-23(2,3)28-22(26)25-16-14-24(15-17-25)21(18-8-6-5-7-9-18)19-10-12-20(27-4)13-11-19/h5-13,21H,14-17H2,1-4H3. The van der Waals surface area contributed by atoms with Gasteiger partial charge >= 0.3 is 6.09 Å². The van der Waals surface area contributed by atoms with Crippen LogP contribution in [0.3, 0.4) is 0 Å². The van der Waals surface area contributed by atoms with E-state index in [1.54, 1.807) is 12.0 Å². The predicted octanol–water partition coefficient (Wildman–Crippen LogP) is 4.34. The largest absolute Gasteiger partial charge is 0.497 e. The molecule has 1 amide bonds. The smallest absolute Gasteiger partial charge is 0.410 e. The topological polar surface area (TPSA) is 42.0 Å². The minimum Gasteiger partial charge on any atom is -0.497 e. The third-order valence-electron chi connectivity index (χ3n) is 4.88. The zero-order valence-corrected chi connectivity index (χ0v) is 17.2. The van der Waals surface area contributed by atoms with Crippen molar-refractivity contribution in [2.45, 2.75) is 32.4 Å². The van der Waals surface area contributed by atoms with Gasteiger partial charge in [-0.15, -0.1) is 0 Å². The fraction of sp³-hybridized carbons (Fsp3) is 0.435. The lowest BCUT2D eigenvalue weighted by atomic mass is 9.96. The van der Waals surface area contributed by atoms with Crippen molar-refractivity contribution >= 4 is 6.09 Å². The molecule has 1 fully saturated rings. The highest BCUT2D eigenvalue weighted by molar-refractivity contribution is 5.68. The number of nitrogens with zero attached hydrogens (tertiary/aromatic N) is 2. The van der Waals surface area contributed by atoms with Crippen LogP contribution in [0.2, 0.25) is 0 Å². The summed E-state index contributed by atoms with van der Waals surface area (Å²) in [5, 5.41) is 0. The van der Waals surface area contributed by atoms with E-state index in [-0.39, 0.29) is 12.1 Å². The van der Waals surface area contributed by atoms with Crippen LogP contribution in [0.4, 0.5) is 4.79 Å². The molecule has 150 valence electrons. The number of benzene rings is 2. The van der Waals surface area contributed by atoms with Crippen LogP contribution in [0.1, 0.15) is 37.9 Å². The Bertz CT molecular complexity index is 761. The highest BCUT2D eigenvalue weighted by Crippen LogP contribution is 2.31. The first-order chi connectivity index (χ1) is 13.4. The second kappa shape index (κ2) is 8.65. The Kier molecular flexibility index (Phi) is 6.25. The zero-order chi connectivity index (χ0) is 20.1. The number of rotatable bonds is 4. The summed E-state index contributed by atoms with van der Waals surface area (Å²) in [7, 11) is 1.68. The van der Waals surface area contributed by atoms with Gasteiger partial charge in [0.15, 0.2) is 0 Å². The van der Waals surface area contributed by atoms with Crippen LogP contribution in [-0.2, 0) is 4.74 Å². The van der Waals surface area contributed by atoms with Crippen molar-refractivity contribution in [1.29, 1.82) is 0 Å². The minimum atomic E-state index is -0.468. The Balaban J connectivity index is 1.76. The average Bonchev–Trinajstić information content (AvgIpc) is 2.69. The van der Waals surface area contributed by atoms with E-state index in [1.807, 2.05) is 39.0 Å². The summed E-state index contributed by atoms with van der Waals surface area (Å²) in [5.74, 6) is 0.852. The van der Waals surface area contributed by atoms with Gasteiger partial charge < -0.3 is 14.4 Å². The van der Waals surface area contributed by atoms with Gasteiger partial charge in [-0.05, 0) is 44.0 Å². The second-order valence-corrected chi connectivity index (χ2v) is 8.09. The van der Waals surface area contributed by atoms with Gasteiger partial charge in [0.25, 0.3) is 0 Å². The molecule has 0 N–H and O–H groups in total. The molecule has 5 heteroatoms. The molecule has 0 spiro atoms. The Morgan fingerprint density at radius 1 is 0.893 bits per heavy atom. The molecule has 1 unspecified atom stereocenters. The van der Waals surface area contributed by atoms with E-state index >= 15 is 0 Å². The van der Waals surface area contributed by atoms with Crippen LogP contribution in [-0.4, -0.2) is 54.8 Å². The van der Waals surface area contributed by atoms with Crippen molar-refractivity contribution in [2.24, 2.45) is 0 Å². The first-order valence-corrected chi connectivity index (χ1v) is 9.78. The molecule has 2 aromatic carbocycles. The molecule has 2 aromatic rings. The van der Waals surface area contributed by atoms with Gasteiger partial charge in [0, 0.05) is 26.2 Å². The summed E-state index contributed by atoms with van der Waals surface area (Å²) < 4.78 is 10.8. The minimum absolute atomic E-state index is 0.146. The SMILES string of the molecule is COc1ccc(C(c2ccccc2)N2CCN(C(=O)OC(C)(C)C)CC2)cc1. The molecule has 0 saturated carbocycles. The summed E-state index contributed by atoms with van der Waals surface area (Å²) >= 11 is 0. The van der Waals surface area contributed by atoms with E-state index in [0.717, 1.165) is 18.8 Å². The molecule has 1 aliphatic rings. The van der Waals surface area contributed by atoms with E-state index in [2.05, 4.69) is 41.3 Å². The van der Waals surface area contributed by atoms with E-state index in [4.69, 9.17) is 9.47 Å². The van der Waals surface area contributed by atoms with Crippen LogP contribution < -0.4 is 4.74 Å². The fourth-order valence-corrected chi connectivity index (χ4v) is 3.52. The number of hydrogen-bond donors (Lipinski definition) is 0. The number of methoxy groups -OCH3 is 1. The molecule has 1 aliphatic heterocycles. The highest BCUT2D eigenvalue weighted by Gasteiger charge is 2.30. The first-order valence-electron chi connectivity index (χ1n) is 9.78. The Morgan fingerprint density at radius 3 is 2.00 bits per heavy atom. The zero-order valence-electron chi connectivity index (χ0n) is 17.2. The van der Waals surface area contributed by atoms with E-state index in [1.165, 1.54) is 11.1 Å². The normalized spacial score (nSPS) is 16.5. The van der Waals surface area contributed by atoms with Crippen molar-refractivity contribution in [3.8, 4) is 5.75 Å². The third kappa shape index (κ3) is 5.04. The molecule has 1 heterocycles. The van der Waals surface area contributed by atoms with Crippen LogP contribution in [0.25, 0.3) is 0 Å². The molecular weight excluding hydrogens is 352 g/mol. The van der Waals surface area contributed by atoms with Crippen molar-refractivity contribution in [1.82, 2.24) is 9.80 Å². The maximum Gasteiger partial charge on any atom is 0.410 e. The monoisotopic (exact) mass is 382 g/mol. The Hall–Kier alpha value is -2.53. The molecule has 5 nitrogen and oxygen atoms in total. The average molecular weight is 383 g/mol. The third-order valence-corrected chi connectivity index (χ3v) is 4.88. The van der Waals surface area contributed by atoms with Crippen LogP contribution >= 0.6 is 0 Å². The Labute approximate surface area is 167 Å². The van der Waals surface area contributed by atoms with Crippen molar-refractivity contribution in [3.05, 3.63) is 65.7 Å². The molecule has 3 rings (SSSR count). The second-order valence-electron chi connectivity index (χ2n) is 8.09. The first kappa shape index (κ1) is 20.2. The number of carbonyl (C=O) groups excluding carboxylic acids is 1. The predicted molar refractivity (Wildman–Crippen MR) is 111 cm³/mol. The summed E-state index contributed by atoms with van der Waals surface area (Å²) in [6.07, 6.45) is -0.229. The molecule has 0 aromatic heterocycles. The summed E-state index contributed by atoms with van der Waals surface area (Å²) in [6, 6.07) is 18.9. The molecule has 0 bridgehead atoms. The van der Waals surface area contributed by atoms with Crippen molar-refractivity contribution in [2.75, 3.05) is 33.3 Å². The molecular formula is C23H30N2O3. The number of piperazine rings is 1. The number of hydrogen-bond acceptors (Lipinski definition) is 4. The van der Waals surface area contributed by atoms with Crippen LogP contribution in [0, 0.1) is 0 Å². The van der Waals surface area contributed by atoms with E-state index < -0.39 is 5.60 Å². The van der Waals surface area contributed by atoms with Gasteiger partial charge in [-0.25, -0.2) is 4.79 Å². The van der Waals surface area contributed by atoms with Gasteiger partial charge in [-0.3, -0.25) is 4.90 Å². The summed E-state index contributed by atoms with van der Waals surface area (Å²) in [6.45, 7) is 8.61. The van der Waals surface area contributed by atoms with Gasteiger partial charge in [0.05, 0.1) is 13.2 Å². The fourth-order valence-electron chi connectivity index (χ4n) is 3.52. The van der Waals surface area contributed by atoms with Gasteiger partial charge in [-0.2, -0.15) is 0 Å². The molecule has 28 heavy (non-hydrogen) atoms. The number of amides is 1. The van der Waals surface area contributed by atoms with Gasteiger partial charge in [-0.1, -0.05) is 42.5 Å². The van der Waals surface area contributed by atoms with Crippen LogP contribution in [0.5, 0.6) is 5.75 Å². The number of ether oxygens (including phenoxy) is 2. The highest BCUT2D eigenvalue weighted by atomic mass is 16.6. The summed E-state index contributed by atoms with van der Waals surface area (Å²) in [5.41, 5.74) is 2.00. The van der Waals surface area contributed by atoms with Crippen molar-refractivity contribution in [3.63, 3.8) is 0 Å². The Morgan fingerprint density at radius 2 is 1.46 bits per heavy atom.